The normalized spacial score (nSPS) is 17.0. The van der Waals surface area contributed by atoms with Crippen molar-refractivity contribution < 1.29 is 4.79 Å². The Morgan fingerprint density at radius 3 is 2.11 bits per heavy atom. The molecule has 1 heterocycles. The molecular weight excluding hydrogens is 463 g/mol. The van der Waals surface area contributed by atoms with Crippen molar-refractivity contribution >= 4 is 35.8 Å². The Bertz CT molecular complexity index is 714. The lowest BCUT2D eigenvalue weighted by atomic mass is 9.89. The van der Waals surface area contributed by atoms with Crippen molar-refractivity contribution in [3.05, 3.63) is 33.4 Å². The van der Waals surface area contributed by atoms with Crippen molar-refractivity contribution in [1.29, 1.82) is 0 Å². The number of hydrogen-bond acceptors (Lipinski definition) is 2. The lowest BCUT2D eigenvalue weighted by Gasteiger charge is -2.22. The number of nitrogens with one attached hydrogen (secondary N) is 2. The van der Waals surface area contributed by atoms with Crippen LogP contribution in [0.2, 0.25) is 0 Å². The molecule has 0 radical (unpaired) electrons. The van der Waals surface area contributed by atoms with Crippen LogP contribution >= 0.6 is 24.0 Å². The van der Waals surface area contributed by atoms with Crippen molar-refractivity contribution in [3.8, 4) is 0 Å². The minimum atomic E-state index is 0. The lowest BCUT2D eigenvalue weighted by Crippen LogP contribution is -2.45. The van der Waals surface area contributed by atoms with Gasteiger partial charge < -0.3 is 15.5 Å². The van der Waals surface area contributed by atoms with Crippen molar-refractivity contribution in [1.82, 2.24) is 15.5 Å². The number of nitrogens with zero attached hydrogens (tertiary/aromatic N) is 2. The first kappa shape index (κ1) is 24.7. The highest BCUT2D eigenvalue weighted by molar-refractivity contribution is 14.0. The highest BCUT2D eigenvalue weighted by atomic mass is 127. The lowest BCUT2D eigenvalue weighted by molar-refractivity contribution is -0.133. The van der Waals surface area contributed by atoms with Gasteiger partial charge in [-0.3, -0.25) is 9.79 Å². The second kappa shape index (κ2) is 10.5. The molecule has 1 amide bonds. The number of carbonyl (C=O) groups excluding carboxylic acids is 1. The molecule has 28 heavy (non-hydrogen) atoms. The van der Waals surface area contributed by atoms with Crippen LogP contribution in [-0.2, 0) is 11.3 Å². The summed E-state index contributed by atoms with van der Waals surface area (Å²) in [6.07, 6.45) is 0.958. The van der Waals surface area contributed by atoms with Crippen LogP contribution in [0.1, 0.15) is 53.6 Å². The molecule has 158 valence electrons. The van der Waals surface area contributed by atoms with Gasteiger partial charge in [-0.1, -0.05) is 13.8 Å². The van der Waals surface area contributed by atoms with Crippen molar-refractivity contribution in [2.24, 2.45) is 10.9 Å². The number of amides is 1. The van der Waals surface area contributed by atoms with Crippen molar-refractivity contribution in [3.63, 3.8) is 0 Å². The summed E-state index contributed by atoms with van der Waals surface area (Å²) in [7, 11) is 1.80. The largest absolute Gasteiger partial charge is 0.352 e. The number of guanidine groups is 1. The molecular formula is C22H37IN4O. The van der Waals surface area contributed by atoms with Gasteiger partial charge in [0.05, 0.1) is 0 Å². The summed E-state index contributed by atoms with van der Waals surface area (Å²) in [5.41, 5.74) is 8.19. The summed E-state index contributed by atoms with van der Waals surface area (Å²) < 4.78 is 0. The molecule has 1 aromatic carbocycles. The van der Waals surface area contributed by atoms with Gasteiger partial charge in [-0.15, -0.1) is 24.0 Å². The quantitative estimate of drug-likeness (QED) is 0.376. The van der Waals surface area contributed by atoms with Gasteiger partial charge in [0.1, 0.15) is 0 Å². The highest BCUT2D eigenvalue weighted by Gasteiger charge is 2.28. The Morgan fingerprint density at radius 1 is 1.07 bits per heavy atom. The molecule has 0 saturated carbocycles. The maximum atomic E-state index is 12.2. The predicted molar refractivity (Wildman–Crippen MR) is 129 cm³/mol. The van der Waals surface area contributed by atoms with Crippen LogP contribution in [0, 0.1) is 40.5 Å². The van der Waals surface area contributed by atoms with Gasteiger partial charge in [0.15, 0.2) is 5.96 Å². The van der Waals surface area contributed by atoms with Gasteiger partial charge in [0.25, 0.3) is 0 Å². The molecule has 1 fully saturated rings. The van der Waals surface area contributed by atoms with Gasteiger partial charge >= 0.3 is 0 Å². The first-order valence-corrected chi connectivity index (χ1v) is 9.99. The molecule has 6 heteroatoms. The number of aliphatic imine (C=N–C) groups is 1. The zero-order chi connectivity index (χ0) is 20.3. The molecule has 0 aliphatic carbocycles. The van der Waals surface area contributed by atoms with E-state index in [9.17, 15) is 4.79 Å². The van der Waals surface area contributed by atoms with Crippen LogP contribution in [0.5, 0.6) is 0 Å². The summed E-state index contributed by atoms with van der Waals surface area (Å²) >= 11 is 0. The number of likely N-dealkylation sites (tertiary alicyclic amines) is 1. The standard InChI is InChI=1S/C22H36N4O.HI/c1-13(2)21(27)26-10-9-19(12-26)25-22(23-8)24-11-20-17(6)15(4)14(3)16(5)18(20)7;/h13,19H,9-12H2,1-8H3,(H2,23,24,25);1H. The summed E-state index contributed by atoms with van der Waals surface area (Å²) in [6.45, 7) is 17.2. The number of carbonyl (C=O) groups is 1. The van der Waals surface area contributed by atoms with Gasteiger partial charge in [-0.2, -0.15) is 0 Å². The van der Waals surface area contributed by atoms with Gasteiger partial charge in [0, 0.05) is 38.6 Å². The monoisotopic (exact) mass is 500 g/mol. The van der Waals surface area contributed by atoms with Crippen LogP contribution in [-0.4, -0.2) is 42.9 Å². The zero-order valence-corrected chi connectivity index (χ0v) is 21.0. The third-order valence-electron chi connectivity index (χ3n) is 6.15. The van der Waals surface area contributed by atoms with Gasteiger partial charge in [0.2, 0.25) is 5.91 Å². The van der Waals surface area contributed by atoms with E-state index in [1.54, 1.807) is 7.05 Å². The van der Waals surface area contributed by atoms with E-state index in [1.165, 1.54) is 33.4 Å². The van der Waals surface area contributed by atoms with Crippen molar-refractivity contribution in [2.75, 3.05) is 20.1 Å². The van der Waals surface area contributed by atoms with Crippen LogP contribution in [0.25, 0.3) is 0 Å². The van der Waals surface area contributed by atoms with E-state index in [4.69, 9.17) is 0 Å². The minimum absolute atomic E-state index is 0. The Kier molecular flexibility index (Phi) is 9.24. The molecule has 0 bridgehead atoms. The minimum Gasteiger partial charge on any atom is -0.352 e. The van der Waals surface area contributed by atoms with E-state index in [-0.39, 0.29) is 41.8 Å². The Morgan fingerprint density at radius 2 is 1.61 bits per heavy atom. The smallest absolute Gasteiger partial charge is 0.225 e. The summed E-state index contributed by atoms with van der Waals surface area (Å²) in [4.78, 5) is 18.5. The van der Waals surface area contributed by atoms with E-state index in [0.29, 0.717) is 0 Å². The van der Waals surface area contributed by atoms with Crippen LogP contribution in [0.4, 0.5) is 0 Å². The summed E-state index contributed by atoms with van der Waals surface area (Å²) in [5, 5.41) is 6.95. The van der Waals surface area contributed by atoms with E-state index in [1.807, 2.05) is 18.7 Å². The van der Waals surface area contributed by atoms with E-state index < -0.39 is 0 Å². The fourth-order valence-corrected chi connectivity index (χ4v) is 3.85. The molecule has 1 unspecified atom stereocenters. The molecule has 2 N–H and O–H groups in total. The molecule has 2 rings (SSSR count). The number of hydrogen-bond donors (Lipinski definition) is 2. The molecule has 1 aliphatic rings. The summed E-state index contributed by atoms with van der Waals surface area (Å²) in [5.74, 6) is 1.09. The first-order chi connectivity index (χ1) is 12.7. The predicted octanol–water partition coefficient (Wildman–Crippen LogP) is 3.77. The molecule has 1 aromatic rings. The third-order valence-corrected chi connectivity index (χ3v) is 6.15. The van der Waals surface area contributed by atoms with E-state index >= 15 is 0 Å². The van der Waals surface area contributed by atoms with Crippen LogP contribution in [0.3, 0.4) is 0 Å². The fraction of sp³-hybridized carbons (Fsp3) is 0.636. The van der Waals surface area contributed by atoms with Gasteiger partial charge in [-0.05, 0) is 74.4 Å². The Labute approximate surface area is 187 Å². The first-order valence-electron chi connectivity index (χ1n) is 9.99. The molecule has 0 spiro atoms. The second-order valence-corrected chi connectivity index (χ2v) is 8.10. The SMILES string of the molecule is CN=C(NCc1c(C)c(C)c(C)c(C)c1C)NC1CCN(C(=O)C(C)C)C1.I. The maximum Gasteiger partial charge on any atom is 0.225 e. The molecule has 1 saturated heterocycles. The number of benzene rings is 1. The van der Waals surface area contributed by atoms with Crippen LogP contribution < -0.4 is 10.6 Å². The second-order valence-electron chi connectivity index (χ2n) is 8.10. The topological polar surface area (TPSA) is 56.7 Å². The average molecular weight is 500 g/mol. The zero-order valence-electron chi connectivity index (χ0n) is 18.7. The highest BCUT2D eigenvalue weighted by Crippen LogP contribution is 2.25. The molecule has 1 aliphatic heterocycles. The fourth-order valence-electron chi connectivity index (χ4n) is 3.85. The van der Waals surface area contributed by atoms with Gasteiger partial charge in [-0.25, -0.2) is 0 Å². The van der Waals surface area contributed by atoms with E-state index in [0.717, 1.165) is 32.0 Å². The average Bonchev–Trinajstić information content (AvgIpc) is 3.11. The summed E-state index contributed by atoms with van der Waals surface area (Å²) in [6, 6.07) is 0.252. The van der Waals surface area contributed by atoms with Crippen molar-refractivity contribution in [2.45, 2.75) is 67.5 Å². The molecule has 0 aromatic heterocycles. The molecule has 5 nitrogen and oxygen atoms in total. The Balaban J connectivity index is 0.00000392. The number of halogens is 1. The third kappa shape index (κ3) is 5.39. The maximum absolute atomic E-state index is 12.2. The molecule has 1 atom stereocenters. The Hall–Kier alpha value is -1.31. The number of rotatable bonds is 4. The van der Waals surface area contributed by atoms with Crippen LogP contribution in [0.15, 0.2) is 4.99 Å². The van der Waals surface area contributed by atoms with E-state index in [2.05, 4.69) is 50.2 Å².